The summed E-state index contributed by atoms with van der Waals surface area (Å²) in [6.45, 7) is 5.19. The Hall–Kier alpha value is -1.59. The van der Waals surface area contributed by atoms with Crippen LogP contribution in [-0.4, -0.2) is 36.5 Å². The first kappa shape index (κ1) is 15.4. The molecule has 0 bridgehead atoms. The van der Waals surface area contributed by atoms with Crippen molar-refractivity contribution in [2.24, 2.45) is 11.3 Å². The highest BCUT2D eigenvalue weighted by molar-refractivity contribution is 5.97. The van der Waals surface area contributed by atoms with Crippen LogP contribution in [0.5, 0.6) is 0 Å². The van der Waals surface area contributed by atoms with Crippen LogP contribution < -0.4 is 10.6 Å². The van der Waals surface area contributed by atoms with Gasteiger partial charge in [0.1, 0.15) is 5.92 Å². The van der Waals surface area contributed by atoms with Crippen LogP contribution in [0.4, 0.5) is 0 Å². The molecule has 1 atom stereocenters. The van der Waals surface area contributed by atoms with Crippen LogP contribution in [0.25, 0.3) is 0 Å². The van der Waals surface area contributed by atoms with E-state index in [9.17, 15) is 14.4 Å². The number of carbonyl (C=O) groups is 3. The topological polar surface area (TPSA) is 95.5 Å². The van der Waals surface area contributed by atoms with Crippen molar-refractivity contribution < 1.29 is 19.5 Å². The standard InChI is InChI=1S/C11H20N2O4/c1-11(2,3)8(10(16)17)9(15)13-6-5-7(14)12-4/h8H,5-6H2,1-4H3,(H,12,14)(H,13,15)(H,16,17). The second-order valence-corrected chi connectivity index (χ2v) is 4.85. The fourth-order valence-electron chi connectivity index (χ4n) is 1.40. The molecule has 0 aliphatic rings. The SMILES string of the molecule is CNC(=O)CCNC(=O)C(C(=O)O)C(C)(C)C. The van der Waals surface area contributed by atoms with E-state index < -0.39 is 23.2 Å². The van der Waals surface area contributed by atoms with Crippen LogP contribution in [0, 0.1) is 11.3 Å². The minimum atomic E-state index is -1.16. The Morgan fingerprint density at radius 1 is 1.24 bits per heavy atom. The largest absolute Gasteiger partial charge is 0.481 e. The molecular formula is C11H20N2O4. The second kappa shape index (κ2) is 6.22. The van der Waals surface area contributed by atoms with Crippen LogP contribution in [0.15, 0.2) is 0 Å². The summed E-state index contributed by atoms with van der Waals surface area (Å²) in [5, 5.41) is 13.9. The number of rotatable bonds is 5. The number of hydrogen-bond acceptors (Lipinski definition) is 3. The summed E-state index contributed by atoms with van der Waals surface area (Å²) in [5.41, 5.74) is -0.664. The van der Waals surface area contributed by atoms with Gasteiger partial charge in [-0.05, 0) is 5.41 Å². The predicted octanol–water partition coefficient (Wildman–Crippen LogP) is -0.0144. The van der Waals surface area contributed by atoms with Crippen molar-refractivity contribution in [3.63, 3.8) is 0 Å². The molecular weight excluding hydrogens is 224 g/mol. The van der Waals surface area contributed by atoms with Crippen LogP contribution in [-0.2, 0) is 14.4 Å². The van der Waals surface area contributed by atoms with Crippen molar-refractivity contribution in [3.8, 4) is 0 Å². The minimum Gasteiger partial charge on any atom is -0.481 e. The van der Waals surface area contributed by atoms with Gasteiger partial charge in [-0.2, -0.15) is 0 Å². The maximum atomic E-state index is 11.7. The van der Waals surface area contributed by atoms with Crippen molar-refractivity contribution in [2.45, 2.75) is 27.2 Å². The third kappa shape index (κ3) is 5.33. The smallest absolute Gasteiger partial charge is 0.316 e. The highest BCUT2D eigenvalue weighted by Crippen LogP contribution is 2.26. The zero-order valence-corrected chi connectivity index (χ0v) is 10.7. The molecule has 0 saturated carbocycles. The Kier molecular flexibility index (Phi) is 5.64. The Morgan fingerprint density at radius 3 is 2.12 bits per heavy atom. The normalized spacial score (nSPS) is 12.7. The molecule has 0 heterocycles. The lowest BCUT2D eigenvalue weighted by molar-refractivity contribution is -0.151. The molecule has 3 N–H and O–H groups in total. The van der Waals surface area contributed by atoms with Gasteiger partial charge in [-0.25, -0.2) is 0 Å². The Balaban J connectivity index is 4.37. The first-order valence-electron chi connectivity index (χ1n) is 5.41. The van der Waals surface area contributed by atoms with Gasteiger partial charge in [-0.3, -0.25) is 14.4 Å². The molecule has 0 rings (SSSR count). The van der Waals surface area contributed by atoms with Crippen LogP contribution in [0.3, 0.4) is 0 Å². The molecule has 98 valence electrons. The quantitative estimate of drug-likeness (QED) is 0.592. The Labute approximate surface area is 101 Å². The van der Waals surface area contributed by atoms with Crippen LogP contribution in [0.2, 0.25) is 0 Å². The first-order chi connectivity index (χ1) is 7.70. The van der Waals surface area contributed by atoms with Gasteiger partial charge in [0.05, 0.1) is 0 Å². The van der Waals surface area contributed by atoms with E-state index in [1.54, 1.807) is 20.8 Å². The van der Waals surface area contributed by atoms with Crippen LogP contribution in [0.1, 0.15) is 27.2 Å². The summed E-state index contributed by atoms with van der Waals surface area (Å²) in [5.74, 6) is -3.04. The van der Waals surface area contributed by atoms with Crippen LogP contribution >= 0.6 is 0 Å². The summed E-state index contributed by atoms with van der Waals surface area (Å²) < 4.78 is 0. The van der Waals surface area contributed by atoms with E-state index in [2.05, 4.69) is 10.6 Å². The molecule has 0 aliphatic heterocycles. The lowest BCUT2D eigenvalue weighted by Gasteiger charge is -2.25. The van der Waals surface area contributed by atoms with E-state index in [4.69, 9.17) is 5.11 Å². The number of aliphatic carboxylic acids is 1. The minimum absolute atomic E-state index is 0.137. The van der Waals surface area contributed by atoms with Gasteiger partial charge in [0, 0.05) is 20.0 Å². The summed E-state index contributed by atoms with van der Waals surface area (Å²) in [7, 11) is 1.50. The number of carbonyl (C=O) groups excluding carboxylic acids is 2. The third-order valence-corrected chi connectivity index (χ3v) is 2.31. The Morgan fingerprint density at radius 2 is 1.76 bits per heavy atom. The molecule has 0 aromatic heterocycles. The van der Waals surface area contributed by atoms with Crippen molar-refractivity contribution in [1.82, 2.24) is 10.6 Å². The number of amides is 2. The molecule has 0 aliphatic carbocycles. The molecule has 0 saturated heterocycles. The van der Waals surface area contributed by atoms with E-state index in [1.165, 1.54) is 7.05 Å². The first-order valence-corrected chi connectivity index (χ1v) is 5.41. The van der Waals surface area contributed by atoms with Gasteiger partial charge in [0.25, 0.3) is 0 Å². The maximum absolute atomic E-state index is 11.7. The molecule has 0 aromatic rings. The lowest BCUT2D eigenvalue weighted by atomic mass is 9.80. The van der Waals surface area contributed by atoms with Gasteiger partial charge in [0.2, 0.25) is 11.8 Å². The predicted molar refractivity (Wildman–Crippen MR) is 62.3 cm³/mol. The summed E-state index contributed by atoms with van der Waals surface area (Å²) in [6, 6.07) is 0. The van der Waals surface area contributed by atoms with E-state index in [1.807, 2.05) is 0 Å². The van der Waals surface area contributed by atoms with Crippen molar-refractivity contribution in [2.75, 3.05) is 13.6 Å². The van der Waals surface area contributed by atoms with Gasteiger partial charge >= 0.3 is 5.97 Å². The van der Waals surface area contributed by atoms with Gasteiger partial charge in [0.15, 0.2) is 0 Å². The number of carboxylic acid groups (broad SMARTS) is 1. The van der Waals surface area contributed by atoms with E-state index in [-0.39, 0.29) is 18.9 Å². The van der Waals surface area contributed by atoms with Gasteiger partial charge in [-0.15, -0.1) is 0 Å². The highest BCUT2D eigenvalue weighted by atomic mass is 16.4. The molecule has 0 fully saturated rings. The van der Waals surface area contributed by atoms with Gasteiger partial charge < -0.3 is 15.7 Å². The van der Waals surface area contributed by atoms with Gasteiger partial charge in [-0.1, -0.05) is 20.8 Å². The second-order valence-electron chi connectivity index (χ2n) is 4.85. The molecule has 1 unspecified atom stereocenters. The Bertz CT molecular complexity index is 307. The van der Waals surface area contributed by atoms with Crippen molar-refractivity contribution in [1.29, 1.82) is 0 Å². The average molecular weight is 244 g/mol. The summed E-state index contributed by atoms with van der Waals surface area (Å²) >= 11 is 0. The molecule has 6 nitrogen and oxygen atoms in total. The van der Waals surface area contributed by atoms with Crippen molar-refractivity contribution >= 4 is 17.8 Å². The number of carboxylic acids is 1. The molecule has 0 aromatic carbocycles. The van der Waals surface area contributed by atoms with Crippen molar-refractivity contribution in [3.05, 3.63) is 0 Å². The zero-order chi connectivity index (χ0) is 13.6. The third-order valence-electron chi connectivity index (χ3n) is 2.31. The fourth-order valence-corrected chi connectivity index (χ4v) is 1.40. The zero-order valence-electron chi connectivity index (χ0n) is 10.7. The molecule has 2 amide bonds. The molecule has 0 spiro atoms. The number of nitrogens with one attached hydrogen (secondary N) is 2. The number of hydrogen-bond donors (Lipinski definition) is 3. The van der Waals surface area contributed by atoms with E-state index in [0.29, 0.717) is 0 Å². The molecule has 0 radical (unpaired) electrons. The summed E-state index contributed by atoms with van der Waals surface area (Å²) in [6.07, 6.45) is 0.138. The lowest BCUT2D eigenvalue weighted by Crippen LogP contribution is -2.43. The highest BCUT2D eigenvalue weighted by Gasteiger charge is 2.37. The molecule has 6 heteroatoms. The monoisotopic (exact) mass is 244 g/mol. The van der Waals surface area contributed by atoms with E-state index >= 15 is 0 Å². The maximum Gasteiger partial charge on any atom is 0.316 e. The fraction of sp³-hybridized carbons (Fsp3) is 0.727. The summed E-state index contributed by atoms with van der Waals surface area (Å²) in [4.78, 5) is 33.6. The average Bonchev–Trinajstić information content (AvgIpc) is 2.14. The van der Waals surface area contributed by atoms with E-state index in [0.717, 1.165) is 0 Å². The molecule has 17 heavy (non-hydrogen) atoms.